The van der Waals surface area contributed by atoms with E-state index < -0.39 is 0 Å². The van der Waals surface area contributed by atoms with Crippen molar-refractivity contribution in [2.75, 3.05) is 5.23 Å². The summed E-state index contributed by atoms with van der Waals surface area (Å²) in [4.78, 5) is 0. The number of unbranched alkanes of at least 4 members (excludes halogenated alkanes) is 1. The summed E-state index contributed by atoms with van der Waals surface area (Å²) in [7, 11) is 0.731. The smallest absolute Gasteiger partial charge is 0.268 e. The van der Waals surface area contributed by atoms with Gasteiger partial charge in [0.2, 0.25) is 0 Å². The summed E-state index contributed by atoms with van der Waals surface area (Å²) in [6.07, 6.45) is 16.8. The maximum Gasteiger partial charge on any atom is 0.268 e. The predicted octanol–water partition coefficient (Wildman–Crippen LogP) is 15.7. The molecule has 1 fully saturated rings. The number of fused-ring (bicyclic) bond motifs is 2. The van der Waals surface area contributed by atoms with Gasteiger partial charge in [-0.3, -0.25) is 0 Å². The first-order valence-corrected chi connectivity index (χ1v) is 24.4. The molecule has 326 valence electrons. The number of hydrogen-bond acceptors (Lipinski definition) is 1. The maximum atomic E-state index is 4.84. The molecule has 1 nitrogen and oxygen atoms in total. The predicted molar refractivity (Wildman–Crippen MR) is 278 cm³/mol. The van der Waals surface area contributed by atoms with Gasteiger partial charge in [-0.05, 0) is 195 Å². The Hall–Kier alpha value is -4.82. The number of aryl methyl sites for hydroxylation is 3. The standard InChI is InChI=1S/C61H74BN/c1-13-14-22-44-36-50(43(5)53(37-44)61(12)30-21-20-29-60(61,10)11)51-34-40(2)48-26-19-18-25-46(48)27-28-49(51)52-38-47(45-23-16-15-17-24-45)33-42(4)57(52)62-63-56-39-55-54(35-41(56)3)58(6,7)31-32-59(55,8)9/h15-19,23-26,28,33-39,62-63H,2,13-14,20-22,27,29-32H2,1,3-12H3/b49-28+,51-34+. The molecule has 0 radical (unpaired) electrons. The van der Waals surface area contributed by atoms with Crippen molar-refractivity contribution < 1.29 is 0 Å². The summed E-state index contributed by atoms with van der Waals surface area (Å²) >= 11 is 0. The van der Waals surface area contributed by atoms with Gasteiger partial charge < -0.3 is 5.23 Å². The van der Waals surface area contributed by atoms with Gasteiger partial charge in [0.25, 0.3) is 7.41 Å². The molecule has 3 aliphatic carbocycles. The van der Waals surface area contributed by atoms with Crippen molar-refractivity contribution in [1.29, 1.82) is 0 Å². The van der Waals surface area contributed by atoms with Crippen molar-refractivity contribution in [3.8, 4) is 11.1 Å². The fraction of sp³-hybridized carbons (Fsp3) is 0.410. The zero-order valence-electron chi connectivity index (χ0n) is 40.8. The molecule has 8 rings (SSSR count). The van der Waals surface area contributed by atoms with E-state index in [-0.39, 0.29) is 21.7 Å². The lowest BCUT2D eigenvalue weighted by Gasteiger charge is -2.50. The van der Waals surface area contributed by atoms with Crippen LogP contribution in [0.1, 0.15) is 168 Å². The van der Waals surface area contributed by atoms with Crippen molar-refractivity contribution in [2.45, 2.75) is 157 Å². The molecule has 1 saturated carbocycles. The minimum Gasteiger partial charge on any atom is -0.427 e. The summed E-state index contributed by atoms with van der Waals surface area (Å²) in [6, 6.07) is 35.0. The van der Waals surface area contributed by atoms with Crippen molar-refractivity contribution in [3.05, 3.63) is 171 Å². The SMILES string of the molecule is C=C1/C=C(c2cc(CCCC)cc(C3(C)CCCCC3(C)C)c2C)\C(c2cc(-c3ccccc3)cc(C)c2BNc2cc3c(cc2C)C(C)(C)CCC3(C)C)=C/Cc2ccccc21. The van der Waals surface area contributed by atoms with Crippen LogP contribution in [0.4, 0.5) is 5.69 Å². The highest BCUT2D eigenvalue weighted by Gasteiger charge is 2.45. The zero-order chi connectivity index (χ0) is 44.9. The van der Waals surface area contributed by atoms with E-state index in [9.17, 15) is 0 Å². The van der Waals surface area contributed by atoms with Crippen LogP contribution in [0.5, 0.6) is 0 Å². The number of benzene rings is 5. The molecule has 0 aromatic heterocycles. The Balaban J connectivity index is 1.36. The number of hydrogen-bond donors (Lipinski definition) is 1. The summed E-state index contributed by atoms with van der Waals surface area (Å²) in [5.74, 6) is 0. The van der Waals surface area contributed by atoms with E-state index in [1.807, 2.05) is 0 Å². The summed E-state index contributed by atoms with van der Waals surface area (Å²) in [6.45, 7) is 31.6. The number of nitrogens with one attached hydrogen (secondary N) is 1. The summed E-state index contributed by atoms with van der Waals surface area (Å²) in [5, 5.41) is 4.08. The van der Waals surface area contributed by atoms with Crippen molar-refractivity contribution in [2.24, 2.45) is 5.41 Å². The first-order valence-electron chi connectivity index (χ1n) is 24.4. The van der Waals surface area contributed by atoms with Gasteiger partial charge in [0, 0.05) is 5.69 Å². The molecule has 0 aliphatic heterocycles. The van der Waals surface area contributed by atoms with E-state index in [1.165, 1.54) is 140 Å². The van der Waals surface area contributed by atoms with E-state index in [1.54, 1.807) is 5.56 Å². The molecule has 5 aromatic rings. The third kappa shape index (κ3) is 8.49. The Bertz CT molecular complexity index is 2610. The van der Waals surface area contributed by atoms with Crippen molar-refractivity contribution >= 4 is 35.3 Å². The molecule has 63 heavy (non-hydrogen) atoms. The van der Waals surface area contributed by atoms with Gasteiger partial charge in [-0.1, -0.05) is 172 Å². The van der Waals surface area contributed by atoms with Gasteiger partial charge in [-0.15, -0.1) is 0 Å². The number of anilines is 1. The molecule has 5 aromatic carbocycles. The van der Waals surface area contributed by atoms with E-state index in [2.05, 4.69) is 185 Å². The second-order valence-corrected chi connectivity index (χ2v) is 21.9. The molecular weight excluding hydrogens is 757 g/mol. The maximum absolute atomic E-state index is 4.84. The largest absolute Gasteiger partial charge is 0.427 e. The lowest BCUT2D eigenvalue weighted by atomic mass is 9.55. The Kier molecular flexibility index (Phi) is 12.3. The Morgan fingerprint density at radius 1 is 0.635 bits per heavy atom. The number of allylic oxidation sites excluding steroid dienone is 5. The molecule has 1 atom stereocenters. The minimum absolute atomic E-state index is 0.0807. The molecular formula is C61H74BN. The summed E-state index contributed by atoms with van der Waals surface area (Å²) in [5.41, 5.74) is 24.7. The third-order valence-corrected chi connectivity index (χ3v) is 16.4. The highest BCUT2D eigenvalue weighted by atomic mass is 14.8. The van der Waals surface area contributed by atoms with Crippen LogP contribution in [0.2, 0.25) is 0 Å². The van der Waals surface area contributed by atoms with Crippen molar-refractivity contribution in [3.63, 3.8) is 0 Å². The topological polar surface area (TPSA) is 12.0 Å². The molecule has 3 aliphatic rings. The first kappa shape index (κ1) is 44.8. The van der Waals surface area contributed by atoms with Crippen LogP contribution in [0.25, 0.3) is 27.8 Å². The average molecular weight is 832 g/mol. The van der Waals surface area contributed by atoms with Crippen LogP contribution < -0.4 is 10.7 Å². The highest BCUT2D eigenvalue weighted by molar-refractivity contribution is 6.59. The third-order valence-electron chi connectivity index (χ3n) is 16.4. The Labute approximate surface area is 382 Å². The second-order valence-electron chi connectivity index (χ2n) is 21.9. The van der Waals surface area contributed by atoms with Crippen LogP contribution in [0.15, 0.2) is 110 Å². The molecule has 0 amide bonds. The minimum atomic E-state index is 0.0807. The van der Waals surface area contributed by atoms with Gasteiger partial charge in [0.1, 0.15) is 0 Å². The molecule has 0 spiro atoms. The van der Waals surface area contributed by atoms with E-state index in [0.717, 1.165) is 25.8 Å². The van der Waals surface area contributed by atoms with E-state index in [0.29, 0.717) is 0 Å². The molecule has 1 unspecified atom stereocenters. The van der Waals surface area contributed by atoms with Crippen LogP contribution in [0.3, 0.4) is 0 Å². The number of rotatable bonds is 10. The van der Waals surface area contributed by atoms with Crippen molar-refractivity contribution in [1.82, 2.24) is 0 Å². The highest BCUT2D eigenvalue weighted by Crippen LogP contribution is 2.54. The Morgan fingerprint density at radius 3 is 2.03 bits per heavy atom. The molecule has 1 N–H and O–H groups in total. The van der Waals surface area contributed by atoms with Gasteiger partial charge in [0.05, 0.1) is 0 Å². The average Bonchev–Trinajstić information content (AvgIpc) is 3.25. The van der Waals surface area contributed by atoms with Gasteiger partial charge in [0.15, 0.2) is 0 Å². The molecule has 2 heteroatoms. The molecule has 0 bridgehead atoms. The van der Waals surface area contributed by atoms with Gasteiger partial charge in [-0.2, -0.15) is 0 Å². The monoisotopic (exact) mass is 832 g/mol. The lowest BCUT2D eigenvalue weighted by Crippen LogP contribution is -2.42. The van der Waals surface area contributed by atoms with Crippen LogP contribution in [-0.2, 0) is 29.1 Å². The fourth-order valence-electron chi connectivity index (χ4n) is 11.6. The molecule has 0 saturated heterocycles. The van der Waals surface area contributed by atoms with Gasteiger partial charge in [-0.25, -0.2) is 0 Å². The van der Waals surface area contributed by atoms with E-state index in [4.69, 9.17) is 6.58 Å². The van der Waals surface area contributed by atoms with Crippen LogP contribution in [-0.4, -0.2) is 7.41 Å². The van der Waals surface area contributed by atoms with Crippen LogP contribution in [0, 0.1) is 26.2 Å². The summed E-state index contributed by atoms with van der Waals surface area (Å²) < 4.78 is 0. The van der Waals surface area contributed by atoms with Crippen LogP contribution >= 0.6 is 0 Å². The molecule has 0 heterocycles. The first-order chi connectivity index (χ1) is 29.9. The second kappa shape index (κ2) is 17.3. The van der Waals surface area contributed by atoms with E-state index >= 15 is 0 Å². The lowest BCUT2D eigenvalue weighted by molar-refractivity contribution is 0.108. The van der Waals surface area contributed by atoms with Gasteiger partial charge >= 0.3 is 0 Å². The fourth-order valence-corrected chi connectivity index (χ4v) is 11.6. The quantitative estimate of drug-likeness (QED) is 0.138. The zero-order valence-corrected chi connectivity index (χ0v) is 40.8. The Morgan fingerprint density at radius 2 is 1.32 bits per heavy atom. The normalized spacial score (nSPS) is 21.7.